The first-order valence-corrected chi connectivity index (χ1v) is 5.35. The number of hydrogen-bond acceptors (Lipinski definition) is 2. The molecule has 0 saturated heterocycles. The fourth-order valence-corrected chi connectivity index (χ4v) is 1.67. The second-order valence-electron chi connectivity index (χ2n) is 3.93. The van der Waals surface area contributed by atoms with Crippen molar-refractivity contribution in [3.05, 3.63) is 53.6 Å². The van der Waals surface area contributed by atoms with Gasteiger partial charge in [-0.15, -0.1) is 0 Å². The van der Waals surface area contributed by atoms with E-state index >= 15 is 0 Å². The van der Waals surface area contributed by atoms with Crippen LogP contribution in [0.2, 0.25) is 0 Å². The number of carboxylic acids is 1. The first-order valence-electron chi connectivity index (χ1n) is 5.35. The molecule has 0 bridgehead atoms. The summed E-state index contributed by atoms with van der Waals surface area (Å²) in [6.07, 6.45) is -3.76. The van der Waals surface area contributed by atoms with E-state index in [9.17, 15) is 22.4 Å². The van der Waals surface area contributed by atoms with Gasteiger partial charge >= 0.3 is 12.1 Å². The van der Waals surface area contributed by atoms with E-state index < -0.39 is 29.2 Å². The van der Waals surface area contributed by atoms with Gasteiger partial charge in [0.05, 0.1) is 11.8 Å². The molecule has 20 heavy (non-hydrogen) atoms. The Balaban J connectivity index is 2.52. The second-order valence-corrected chi connectivity index (χ2v) is 3.93. The third-order valence-electron chi connectivity index (χ3n) is 2.58. The predicted octanol–water partition coefficient (Wildman–Crippen LogP) is 3.60. The molecule has 7 heteroatoms. The van der Waals surface area contributed by atoms with Crippen LogP contribution >= 0.6 is 0 Å². The molecule has 0 spiro atoms. The summed E-state index contributed by atoms with van der Waals surface area (Å²) >= 11 is 0. The molecule has 0 fully saturated rings. The molecule has 1 N–H and O–H groups in total. The quantitative estimate of drug-likeness (QED) is 0.858. The van der Waals surface area contributed by atoms with Crippen molar-refractivity contribution in [2.45, 2.75) is 6.18 Å². The minimum absolute atomic E-state index is 0.0776. The van der Waals surface area contributed by atoms with Gasteiger partial charge in [0.15, 0.2) is 5.69 Å². The van der Waals surface area contributed by atoms with Gasteiger partial charge in [0.1, 0.15) is 5.82 Å². The van der Waals surface area contributed by atoms with Crippen LogP contribution in [0.4, 0.5) is 17.6 Å². The number of aromatic carboxylic acids is 1. The van der Waals surface area contributed by atoms with Gasteiger partial charge in [0, 0.05) is 5.56 Å². The van der Waals surface area contributed by atoms with E-state index in [2.05, 4.69) is 4.98 Å². The number of carbonyl (C=O) groups is 1. The lowest BCUT2D eigenvalue weighted by Gasteiger charge is -2.09. The zero-order valence-corrected chi connectivity index (χ0v) is 9.78. The Morgan fingerprint density at radius 1 is 1.15 bits per heavy atom. The summed E-state index contributed by atoms with van der Waals surface area (Å²) in [6, 6.07) is 4.66. The smallest absolute Gasteiger partial charge is 0.416 e. The van der Waals surface area contributed by atoms with Gasteiger partial charge in [-0.2, -0.15) is 13.2 Å². The average molecular weight is 285 g/mol. The van der Waals surface area contributed by atoms with E-state index in [-0.39, 0.29) is 11.1 Å². The highest BCUT2D eigenvalue weighted by atomic mass is 19.4. The maximum Gasteiger partial charge on any atom is 0.416 e. The second kappa shape index (κ2) is 4.92. The number of pyridine rings is 1. The molecule has 1 aromatic carbocycles. The number of alkyl halides is 3. The van der Waals surface area contributed by atoms with Gasteiger partial charge in [-0.25, -0.2) is 14.2 Å². The van der Waals surface area contributed by atoms with Gasteiger partial charge in [-0.05, 0) is 23.8 Å². The van der Waals surface area contributed by atoms with E-state index in [4.69, 9.17) is 5.11 Å². The molecule has 0 aliphatic carbocycles. The number of rotatable bonds is 2. The minimum atomic E-state index is -4.49. The zero-order chi connectivity index (χ0) is 14.9. The monoisotopic (exact) mass is 285 g/mol. The molecule has 3 nitrogen and oxygen atoms in total. The Labute approximate surface area is 110 Å². The lowest BCUT2D eigenvalue weighted by molar-refractivity contribution is -0.137. The maximum atomic E-state index is 13.1. The molecule has 0 aliphatic heterocycles. The molecule has 104 valence electrons. The molecule has 2 rings (SSSR count). The molecule has 0 aliphatic rings. The fourth-order valence-electron chi connectivity index (χ4n) is 1.67. The van der Waals surface area contributed by atoms with Gasteiger partial charge < -0.3 is 5.11 Å². The van der Waals surface area contributed by atoms with Crippen LogP contribution in [0.15, 0.2) is 36.5 Å². The Morgan fingerprint density at radius 3 is 2.25 bits per heavy atom. The van der Waals surface area contributed by atoms with E-state index in [0.717, 1.165) is 36.5 Å². The molecule has 2 aromatic rings. The van der Waals surface area contributed by atoms with Crippen LogP contribution in [0.25, 0.3) is 11.1 Å². The molecule has 1 heterocycles. The first kappa shape index (κ1) is 14.0. The van der Waals surface area contributed by atoms with Crippen molar-refractivity contribution < 1.29 is 27.5 Å². The van der Waals surface area contributed by atoms with Crippen molar-refractivity contribution in [3.63, 3.8) is 0 Å². The molecule has 1 aromatic heterocycles. The van der Waals surface area contributed by atoms with Crippen LogP contribution in [0.1, 0.15) is 16.1 Å². The number of nitrogens with zero attached hydrogens (tertiary/aromatic N) is 1. The summed E-state index contributed by atoms with van der Waals surface area (Å²) in [5, 5.41) is 8.94. The SMILES string of the molecule is O=C(O)c1ncc(F)cc1-c1ccc(C(F)(F)F)cc1. The summed E-state index contributed by atoms with van der Waals surface area (Å²) < 4.78 is 50.4. The topological polar surface area (TPSA) is 50.2 Å². The normalized spacial score (nSPS) is 11.4. The maximum absolute atomic E-state index is 13.1. The van der Waals surface area contributed by atoms with E-state index in [0.29, 0.717) is 0 Å². The lowest BCUT2D eigenvalue weighted by Crippen LogP contribution is -2.06. The highest BCUT2D eigenvalue weighted by Gasteiger charge is 2.30. The predicted molar refractivity (Wildman–Crippen MR) is 61.6 cm³/mol. The van der Waals surface area contributed by atoms with Crippen molar-refractivity contribution in [2.24, 2.45) is 0 Å². The first-order chi connectivity index (χ1) is 9.29. The van der Waals surface area contributed by atoms with E-state index in [1.165, 1.54) is 0 Å². The molecule has 0 saturated carbocycles. The molecular formula is C13H7F4NO2. The number of halogens is 4. The largest absolute Gasteiger partial charge is 0.476 e. The molecular weight excluding hydrogens is 278 g/mol. The van der Waals surface area contributed by atoms with Crippen LogP contribution in [-0.4, -0.2) is 16.1 Å². The summed E-state index contributed by atoms with van der Waals surface area (Å²) in [4.78, 5) is 14.4. The van der Waals surface area contributed by atoms with Crippen molar-refractivity contribution in [1.82, 2.24) is 4.98 Å². The molecule has 0 radical (unpaired) electrons. The van der Waals surface area contributed by atoms with Crippen molar-refractivity contribution in [2.75, 3.05) is 0 Å². The number of benzene rings is 1. The fraction of sp³-hybridized carbons (Fsp3) is 0.0769. The van der Waals surface area contributed by atoms with Crippen LogP contribution in [-0.2, 0) is 6.18 Å². The van der Waals surface area contributed by atoms with Crippen molar-refractivity contribution in [3.8, 4) is 11.1 Å². The zero-order valence-electron chi connectivity index (χ0n) is 9.78. The van der Waals surface area contributed by atoms with Gasteiger partial charge in [0.2, 0.25) is 0 Å². The standard InChI is InChI=1S/C13H7F4NO2/c14-9-5-10(11(12(19)20)18-6-9)7-1-3-8(4-2-7)13(15,16)17/h1-6H,(H,19,20). The number of hydrogen-bond donors (Lipinski definition) is 1. The van der Waals surface area contributed by atoms with E-state index in [1.807, 2.05) is 0 Å². The third kappa shape index (κ3) is 2.76. The highest BCUT2D eigenvalue weighted by molar-refractivity contribution is 5.93. The van der Waals surface area contributed by atoms with Crippen LogP contribution in [0.5, 0.6) is 0 Å². The minimum Gasteiger partial charge on any atom is -0.476 e. The number of carboxylic acid groups (broad SMARTS) is 1. The van der Waals surface area contributed by atoms with Crippen LogP contribution in [0.3, 0.4) is 0 Å². The van der Waals surface area contributed by atoms with Crippen molar-refractivity contribution in [1.29, 1.82) is 0 Å². The molecule has 0 unspecified atom stereocenters. The Bertz CT molecular complexity index is 650. The summed E-state index contributed by atoms with van der Waals surface area (Å²) in [5.74, 6) is -2.16. The molecule has 0 amide bonds. The number of aromatic nitrogens is 1. The van der Waals surface area contributed by atoms with Crippen LogP contribution < -0.4 is 0 Å². The van der Waals surface area contributed by atoms with Gasteiger partial charge in [-0.1, -0.05) is 12.1 Å². The van der Waals surface area contributed by atoms with E-state index in [1.54, 1.807) is 0 Å². The Kier molecular flexibility index (Phi) is 3.44. The summed E-state index contributed by atoms with van der Waals surface area (Å²) in [7, 11) is 0. The molecule has 0 atom stereocenters. The van der Waals surface area contributed by atoms with Gasteiger partial charge in [0.25, 0.3) is 0 Å². The summed E-state index contributed by atoms with van der Waals surface area (Å²) in [5.41, 5.74) is -1.23. The lowest BCUT2D eigenvalue weighted by atomic mass is 10.0. The van der Waals surface area contributed by atoms with Crippen LogP contribution in [0, 0.1) is 5.82 Å². The third-order valence-corrected chi connectivity index (χ3v) is 2.58. The Hall–Kier alpha value is -2.44. The van der Waals surface area contributed by atoms with Gasteiger partial charge in [-0.3, -0.25) is 0 Å². The Morgan fingerprint density at radius 2 is 1.75 bits per heavy atom. The average Bonchev–Trinajstić information content (AvgIpc) is 2.37. The summed E-state index contributed by atoms with van der Waals surface area (Å²) in [6.45, 7) is 0. The van der Waals surface area contributed by atoms with Crippen molar-refractivity contribution >= 4 is 5.97 Å². The highest BCUT2D eigenvalue weighted by Crippen LogP contribution is 2.31.